The smallest absolute Gasteiger partial charge is 0.338 e. The standard InChI is InChI=1S/C25H17F2N3O6/c1-13(31)28-17-3-5-19(6-4-17)30-23(33)20-7-2-14(8-21(20)24(30)34)25(35)36-12-22(32)29-18-10-15(26)9-16(27)11-18/h2-11H,12H2,1H3,(H,28,31)(H,29,32). The van der Waals surface area contributed by atoms with Gasteiger partial charge in [0.05, 0.1) is 22.4 Å². The van der Waals surface area contributed by atoms with E-state index < -0.39 is 41.9 Å². The highest BCUT2D eigenvalue weighted by Gasteiger charge is 2.37. The van der Waals surface area contributed by atoms with Crippen LogP contribution in [-0.4, -0.2) is 36.2 Å². The number of ether oxygens (including phenoxy) is 1. The number of carbonyl (C=O) groups excluding carboxylic acids is 5. The summed E-state index contributed by atoms with van der Waals surface area (Å²) in [6.45, 7) is 0.590. The second-order valence-electron chi connectivity index (χ2n) is 7.72. The number of fused-ring (bicyclic) bond motifs is 1. The van der Waals surface area contributed by atoms with Crippen molar-refractivity contribution in [3.63, 3.8) is 0 Å². The lowest BCUT2D eigenvalue weighted by molar-refractivity contribution is -0.119. The van der Waals surface area contributed by atoms with Crippen molar-refractivity contribution in [1.29, 1.82) is 0 Å². The van der Waals surface area contributed by atoms with E-state index in [2.05, 4.69) is 10.6 Å². The number of carbonyl (C=O) groups is 5. The van der Waals surface area contributed by atoms with Crippen LogP contribution < -0.4 is 15.5 Å². The molecule has 0 saturated heterocycles. The quantitative estimate of drug-likeness (QED) is 0.400. The van der Waals surface area contributed by atoms with Gasteiger partial charge in [-0.1, -0.05) is 0 Å². The molecular formula is C25H17F2N3O6. The number of imide groups is 1. The van der Waals surface area contributed by atoms with Crippen LogP contribution in [0.2, 0.25) is 0 Å². The Labute approximate surface area is 202 Å². The number of nitrogens with zero attached hydrogens (tertiary/aromatic N) is 1. The molecule has 4 rings (SSSR count). The lowest BCUT2D eigenvalue weighted by Gasteiger charge is -2.14. The van der Waals surface area contributed by atoms with Crippen molar-refractivity contribution in [3.05, 3.63) is 89.0 Å². The maximum atomic E-state index is 13.2. The second-order valence-corrected chi connectivity index (χ2v) is 7.72. The topological polar surface area (TPSA) is 122 Å². The summed E-state index contributed by atoms with van der Waals surface area (Å²) < 4.78 is 31.4. The van der Waals surface area contributed by atoms with E-state index in [1.54, 1.807) is 0 Å². The fraction of sp³-hybridized carbons (Fsp3) is 0.0800. The van der Waals surface area contributed by atoms with Gasteiger partial charge in [0.2, 0.25) is 5.91 Å². The molecular weight excluding hydrogens is 476 g/mol. The van der Waals surface area contributed by atoms with Gasteiger partial charge >= 0.3 is 5.97 Å². The highest BCUT2D eigenvalue weighted by Crippen LogP contribution is 2.30. The Morgan fingerprint density at radius 3 is 2.08 bits per heavy atom. The Kier molecular flexibility index (Phi) is 6.55. The number of anilines is 3. The molecule has 0 aliphatic carbocycles. The van der Waals surface area contributed by atoms with Crippen LogP contribution in [0.4, 0.5) is 25.8 Å². The van der Waals surface area contributed by atoms with Crippen molar-refractivity contribution >= 4 is 46.7 Å². The van der Waals surface area contributed by atoms with Crippen molar-refractivity contribution < 1.29 is 37.5 Å². The van der Waals surface area contributed by atoms with Gasteiger partial charge in [0.25, 0.3) is 17.7 Å². The molecule has 1 aliphatic rings. The summed E-state index contributed by atoms with van der Waals surface area (Å²) in [4.78, 5) is 62.2. The molecule has 3 aromatic carbocycles. The number of halogens is 2. The predicted octanol–water partition coefficient (Wildman–Crippen LogP) is 3.52. The third-order valence-corrected chi connectivity index (χ3v) is 5.05. The van der Waals surface area contributed by atoms with Crippen LogP contribution in [0.3, 0.4) is 0 Å². The van der Waals surface area contributed by atoms with E-state index in [0.29, 0.717) is 11.8 Å². The first-order valence-electron chi connectivity index (χ1n) is 10.5. The third kappa shape index (κ3) is 5.09. The van der Waals surface area contributed by atoms with Gasteiger partial charge in [-0.25, -0.2) is 18.5 Å². The van der Waals surface area contributed by atoms with E-state index >= 15 is 0 Å². The molecule has 0 aromatic heterocycles. The van der Waals surface area contributed by atoms with Crippen LogP contribution in [0, 0.1) is 11.6 Å². The Bertz CT molecular complexity index is 1400. The van der Waals surface area contributed by atoms with Crippen molar-refractivity contribution in [2.45, 2.75) is 6.92 Å². The number of hydrogen-bond acceptors (Lipinski definition) is 6. The molecule has 9 nitrogen and oxygen atoms in total. The molecule has 0 bridgehead atoms. The van der Waals surface area contributed by atoms with Crippen LogP contribution >= 0.6 is 0 Å². The molecule has 0 saturated carbocycles. The second kappa shape index (κ2) is 9.74. The number of rotatable bonds is 6. The molecule has 11 heteroatoms. The van der Waals surface area contributed by atoms with E-state index in [1.807, 2.05) is 0 Å². The fourth-order valence-corrected chi connectivity index (χ4v) is 3.54. The van der Waals surface area contributed by atoms with Crippen LogP contribution in [0.1, 0.15) is 38.0 Å². The molecule has 182 valence electrons. The lowest BCUT2D eigenvalue weighted by Crippen LogP contribution is -2.29. The van der Waals surface area contributed by atoms with E-state index in [1.165, 1.54) is 49.4 Å². The molecule has 2 N–H and O–H groups in total. The summed E-state index contributed by atoms with van der Waals surface area (Å²) in [5, 5.41) is 4.78. The number of amides is 4. The minimum atomic E-state index is -0.947. The number of benzene rings is 3. The largest absolute Gasteiger partial charge is 0.452 e. The number of hydrogen-bond donors (Lipinski definition) is 2. The van der Waals surface area contributed by atoms with Crippen molar-refractivity contribution in [3.8, 4) is 0 Å². The Morgan fingerprint density at radius 1 is 0.806 bits per heavy atom. The zero-order valence-corrected chi connectivity index (χ0v) is 18.6. The van der Waals surface area contributed by atoms with Crippen molar-refractivity contribution in [2.24, 2.45) is 0 Å². The fourth-order valence-electron chi connectivity index (χ4n) is 3.54. The molecule has 0 atom stereocenters. The Morgan fingerprint density at radius 2 is 1.44 bits per heavy atom. The third-order valence-electron chi connectivity index (χ3n) is 5.05. The summed E-state index contributed by atoms with van der Waals surface area (Å²) in [6.07, 6.45) is 0. The highest BCUT2D eigenvalue weighted by molar-refractivity contribution is 6.34. The van der Waals surface area contributed by atoms with E-state index in [-0.39, 0.29) is 34.0 Å². The lowest BCUT2D eigenvalue weighted by atomic mass is 10.1. The molecule has 1 heterocycles. The van der Waals surface area contributed by atoms with Gasteiger partial charge in [0, 0.05) is 24.4 Å². The Balaban J connectivity index is 1.43. The molecule has 4 amide bonds. The van der Waals surface area contributed by atoms with E-state index in [0.717, 1.165) is 17.0 Å². The number of esters is 1. The molecule has 1 aliphatic heterocycles. The van der Waals surface area contributed by atoms with E-state index in [9.17, 15) is 32.8 Å². The van der Waals surface area contributed by atoms with Gasteiger partial charge in [-0.2, -0.15) is 0 Å². The van der Waals surface area contributed by atoms with Crippen molar-refractivity contribution in [2.75, 3.05) is 22.1 Å². The molecule has 0 unspecified atom stereocenters. The van der Waals surface area contributed by atoms with Crippen LogP contribution in [0.25, 0.3) is 0 Å². The normalized spacial score (nSPS) is 12.2. The highest BCUT2D eigenvalue weighted by atomic mass is 19.1. The van der Waals surface area contributed by atoms with Crippen molar-refractivity contribution in [1.82, 2.24) is 0 Å². The summed E-state index contributed by atoms with van der Waals surface area (Å²) in [6, 6.07) is 12.2. The molecule has 0 spiro atoms. The average Bonchev–Trinajstić information content (AvgIpc) is 3.06. The molecule has 3 aromatic rings. The van der Waals surface area contributed by atoms with E-state index in [4.69, 9.17) is 4.74 Å². The molecule has 36 heavy (non-hydrogen) atoms. The monoisotopic (exact) mass is 493 g/mol. The molecule has 0 radical (unpaired) electrons. The summed E-state index contributed by atoms with van der Waals surface area (Å²) in [5.41, 5.74) is 0.570. The van der Waals surface area contributed by atoms with Gasteiger partial charge in [-0.05, 0) is 54.6 Å². The molecule has 0 fully saturated rings. The van der Waals surface area contributed by atoms with Gasteiger partial charge in [-0.15, -0.1) is 0 Å². The zero-order chi connectivity index (χ0) is 26.0. The Hall–Kier alpha value is -4.93. The van der Waals surface area contributed by atoms with Gasteiger partial charge in [-0.3, -0.25) is 19.2 Å². The number of nitrogens with one attached hydrogen (secondary N) is 2. The van der Waals surface area contributed by atoms with Crippen LogP contribution in [0.5, 0.6) is 0 Å². The minimum Gasteiger partial charge on any atom is -0.452 e. The first kappa shape index (κ1) is 24.2. The van der Waals surface area contributed by atoms with Crippen LogP contribution in [0.15, 0.2) is 60.7 Å². The minimum absolute atomic E-state index is 0.0277. The maximum absolute atomic E-state index is 13.2. The summed E-state index contributed by atoms with van der Waals surface area (Å²) >= 11 is 0. The van der Waals surface area contributed by atoms with Gasteiger partial charge in [0.15, 0.2) is 6.61 Å². The first-order chi connectivity index (χ1) is 17.1. The predicted molar refractivity (Wildman–Crippen MR) is 124 cm³/mol. The summed E-state index contributed by atoms with van der Waals surface area (Å²) in [7, 11) is 0. The maximum Gasteiger partial charge on any atom is 0.338 e. The van der Waals surface area contributed by atoms with Crippen LogP contribution in [-0.2, 0) is 14.3 Å². The first-order valence-corrected chi connectivity index (χ1v) is 10.5. The summed E-state index contributed by atoms with van der Waals surface area (Å²) in [5.74, 6) is -5.10. The zero-order valence-electron chi connectivity index (χ0n) is 18.6. The van der Waals surface area contributed by atoms with Gasteiger partial charge < -0.3 is 15.4 Å². The SMILES string of the molecule is CC(=O)Nc1ccc(N2C(=O)c3ccc(C(=O)OCC(=O)Nc4cc(F)cc(F)c4)cc3C2=O)cc1. The van der Waals surface area contributed by atoms with Gasteiger partial charge in [0.1, 0.15) is 11.6 Å². The average molecular weight is 493 g/mol.